The molecule has 2 rings (SSSR count). The molecule has 0 radical (unpaired) electrons. The third kappa shape index (κ3) is 4.77. The first-order valence-electron chi connectivity index (χ1n) is 7.18. The molecule has 0 aromatic heterocycles. The van der Waals surface area contributed by atoms with Crippen LogP contribution in [0.5, 0.6) is 5.75 Å². The third-order valence-electron chi connectivity index (χ3n) is 3.43. The van der Waals surface area contributed by atoms with E-state index < -0.39 is 5.97 Å². The van der Waals surface area contributed by atoms with Crippen LogP contribution in [0.25, 0.3) is 0 Å². The van der Waals surface area contributed by atoms with E-state index in [-0.39, 0.29) is 31.5 Å². The zero-order chi connectivity index (χ0) is 15.4. The highest BCUT2D eigenvalue weighted by Crippen LogP contribution is 2.27. The number of aliphatic carboxylic acids is 1. The van der Waals surface area contributed by atoms with Crippen LogP contribution in [0.15, 0.2) is 18.2 Å². The van der Waals surface area contributed by atoms with E-state index in [4.69, 9.17) is 9.84 Å². The van der Waals surface area contributed by atoms with E-state index in [0.717, 1.165) is 24.0 Å². The quantitative estimate of drug-likeness (QED) is 0.836. The van der Waals surface area contributed by atoms with E-state index in [1.165, 1.54) is 0 Å². The van der Waals surface area contributed by atoms with Crippen LogP contribution >= 0.6 is 0 Å². The van der Waals surface area contributed by atoms with E-state index in [2.05, 4.69) is 0 Å². The van der Waals surface area contributed by atoms with Gasteiger partial charge in [0.15, 0.2) is 6.61 Å². The Morgan fingerprint density at radius 1 is 1.24 bits per heavy atom. The van der Waals surface area contributed by atoms with Gasteiger partial charge in [-0.25, -0.2) is 0 Å². The molecular weight excluding hydrogens is 270 g/mol. The Bertz CT molecular complexity index is 517. The molecule has 0 heterocycles. The molecule has 0 spiro atoms. The molecule has 1 N–H and O–H groups in total. The van der Waals surface area contributed by atoms with Gasteiger partial charge in [-0.2, -0.15) is 0 Å². The van der Waals surface area contributed by atoms with Crippen molar-refractivity contribution >= 4 is 11.9 Å². The molecule has 0 atom stereocenters. The van der Waals surface area contributed by atoms with Crippen molar-refractivity contribution in [3.8, 4) is 5.75 Å². The lowest BCUT2D eigenvalue weighted by Gasteiger charge is -2.21. The largest absolute Gasteiger partial charge is 0.484 e. The van der Waals surface area contributed by atoms with Gasteiger partial charge in [0.2, 0.25) is 0 Å². The summed E-state index contributed by atoms with van der Waals surface area (Å²) in [5, 5.41) is 8.75. The van der Waals surface area contributed by atoms with E-state index in [0.29, 0.717) is 5.75 Å². The van der Waals surface area contributed by atoms with Crippen LogP contribution in [-0.2, 0) is 9.59 Å². The average molecular weight is 291 g/mol. The van der Waals surface area contributed by atoms with Gasteiger partial charge in [-0.15, -0.1) is 0 Å². The third-order valence-corrected chi connectivity index (χ3v) is 3.43. The number of hydrogen-bond acceptors (Lipinski definition) is 3. The number of aryl methyl sites for hydroxylation is 2. The summed E-state index contributed by atoms with van der Waals surface area (Å²) in [5.41, 5.74) is 2.17. The maximum atomic E-state index is 12.2. The predicted octanol–water partition coefficient (Wildman–Crippen LogP) is 2.15. The van der Waals surface area contributed by atoms with Crippen molar-refractivity contribution in [3.05, 3.63) is 29.3 Å². The molecule has 1 aliphatic rings. The summed E-state index contributed by atoms with van der Waals surface area (Å²) in [6, 6.07) is 6.01. The molecule has 21 heavy (non-hydrogen) atoms. The molecule has 1 aliphatic carbocycles. The second kappa shape index (κ2) is 6.61. The second-order valence-corrected chi connectivity index (χ2v) is 5.57. The molecule has 5 nitrogen and oxygen atoms in total. The van der Waals surface area contributed by atoms with Gasteiger partial charge in [-0.05, 0) is 49.9 Å². The first kappa shape index (κ1) is 15.4. The summed E-state index contributed by atoms with van der Waals surface area (Å²) in [4.78, 5) is 24.5. The van der Waals surface area contributed by atoms with Gasteiger partial charge >= 0.3 is 5.97 Å². The number of benzene rings is 1. The number of carbonyl (C=O) groups excluding carboxylic acids is 1. The number of carboxylic acids is 1. The second-order valence-electron chi connectivity index (χ2n) is 5.57. The van der Waals surface area contributed by atoms with Crippen molar-refractivity contribution in [1.82, 2.24) is 4.90 Å². The normalized spacial score (nSPS) is 13.8. The molecule has 1 amide bonds. The molecule has 0 aliphatic heterocycles. The maximum absolute atomic E-state index is 12.2. The van der Waals surface area contributed by atoms with Crippen LogP contribution in [0.3, 0.4) is 0 Å². The Morgan fingerprint density at radius 3 is 2.38 bits per heavy atom. The SMILES string of the molecule is Cc1cc(C)cc(OCC(=O)N(CCC(=O)O)C2CC2)c1. The van der Waals surface area contributed by atoms with Crippen LogP contribution < -0.4 is 4.74 Å². The number of hydrogen-bond donors (Lipinski definition) is 1. The smallest absolute Gasteiger partial charge is 0.305 e. The van der Waals surface area contributed by atoms with Gasteiger partial charge in [-0.1, -0.05) is 6.07 Å². The summed E-state index contributed by atoms with van der Waals surface area (Å²) < 4.78 is 5.56. The minimum atomic E-state index is -0.885. The van der Waals surface area contributed by atoms with Gasteiger partial charge in [0, 0.05) is 12.6 Å². The number of nitrogens with zero attached hydrogens (tertiary/aromatic N) is 1. The summed E-state index contributed by atoms with van der Waals surface area (Å²) >= 11 is 0. The molecule has 0 saturated heterocycles. The summed E-state index contributed by atoms with van der Waals surface area (Å²) in [5.74, 6) is -0.351. The molecule has 0 unspecified atom stereocenters. The predicted molar refractivity (Wildman–Crippen MR) is 78.4 cm³/mol. The lowest BCUT2D eigenvalue weighted by molar-refractivity contribution is -0.139. The van der Waals surface area contributed by atoms with Gasteiger partial charge in [0.1, 0.15) is 5.75 Å². The zero-order valence-corrected chi connectivity index (χ0v) is 12.5. The Morgan fingerprint density at radius 2 is 1.86 bits per heavy atom. The van der Waals surface area contributed by atoms with Crippen molar-refractivity contribution in [1.29, 1.82) is 0 Å². The fourth-order valence-electron chi connectivity index (χ4n) is 2.36. The summed E-state index contributed by atoms with van der Waals surface area (Å²) in [7, 11) is 0. The minimum absolute atomic E-state index is 0.0220. The van der Waals surface area contributed by atoms with Gasteiger partial charge < -0.3 is 14.7 Å². The lowest BCUT2D eigenvalue weighted by atomic mass is 10.1. The molecule has 1 fully saturated rings. The molecule has 1 aromatic rings. The molecule has 1 aromatic carbocycles. The van der Waals surface area contributed by atoms with Gasteiger partial charge in [0.05, 0.1) is 6.42 Å². The van der Waals surface area contributed by atoms with Crippen LogP contribution in [-0.4, -0.2) is 41.1 Å². The Hall–Kier alpha value is -2.04. The van der Waals surface area contributed by atoms with E-state index in [1.807, 2.05) is 32.0 Å². The van der Waals surface area contributed by atoms with E-state index >= 15 is 0 Å². The summed E-state index contributed by atoms with van der Waals surface area (Å²) in [6.07, 6.45) is 1.88. The lowest BCUT2D eigenvalue weighted by Crippen LogP contribution is -2.38. The Balaban J connectivity index is 1.90. The van der Waals surface area contributed by atoms with Crippen LogP contribution in [0.4, 0.5) is 0 Å². The van der Waals surface area contributed by atoms with Crippen molar-refractivity contribution in [2.75, 3.05) is 13.2 Å². The van der Waals surface area contributed by atoms with Crippen LogP contribution in [0.1, 0.15) is 30.4 Å². The molecule has 114 valence electrons. The zero-order valence-electron chi connectivity index (χ0n) is 12.5. The highest BCUT2D eigenvalue weighted by Gasteiger charge is 2.32. The van der Waals surface area contributed by atoms with Crippen molar-refractivity contribution < 1.29 is 19.4 Å². The van der Waals surface area contributed by atoms with Crippen molar-refractivity contribution in [2.45, 2.75) is 39.2 Å². The van der Waals surface area contributed by atoms with Crippen molar-refractivity contribution in [3.63, 3.8) is 0 Å². The van der Waals surface area contributed by atoms with Crippen molar-refractivity contribution in [2.24, 2.45) is 0 Å². The first-order chi connectivity index (χ1) is 9.95. The first-order valence-corrected chi connectivity index (χ1v) is 7.18. The molecular formula is C16H21NO4. The maximum Gasteiger partial charge on any atom is 0.305 e. The van der Waals surface area contributed by atoms with Gasteiger partial charge in [-0.3, -0.25) is 9.59 Å². The minimum Gasteiger partial charge on any atom is -0.484 e. The van der Waals surface area contributed by atoms with Crippen LogP contribution in [0, 0.1) is 13.8 Å². The summed E-state index contributed by atoms with van der Waals surface area (Å²) in [6.45, 7) is 4.17. The molecule has 1 saturated carbocycles. The fraction of sp³-hybridized carbons (Fsp3) is 0.500. The average Bonchev–Trinajstić information content (AvgIpc) is 3.19. The van der Waals surface area contributed by atoms with Gasteiger partial charge in [0.25, 0.3) is 5.91 Å². The highest BCUT2D eigenvalue weighted by molar-refractivity contribution is 5.79. The van der Waals surface area contributed by atoms with E-state index in [9.17, 15) is 9.59 Å². The number of rotatable bonds is 7. The Kier molecular flexibility index (Phi) is 4.83. The Labute approximate surface area is 124 Å². The van der Waals surface area contributed by atoms with Crippen LogP contribution in [0.2, 0.25) is 0 Å². The highest BCUT2D eigenvalue weighted by atomic mass is 16.5. The standard InChI is InChI=1S/C16H21NO4/c1-11-7-12(2)9-14(8-11)21-10-15(18)17(13-3-4-13)6-5-16(19)20/h7-9,13H,3-6,10H2,1-2H3,(H,19,20). The number of amides is 1. The number of carbonyl (C=O) groups is 2. The molecule has 5 heteroatoms. The monoisotopic (exact) mass is 291 g/mol. The molecule has 0 bridgehead atoms. The number of ether oxygens (including phenoxy) is 1. The topological polar surface area (TPSA) is 66.8 Å². The fourth-order valence-corrected chi connectivity index (χ4v) is 2.36. The van der Waals surface area contributed by atoms with E-state index in [1.54, 1.807) is 4.90 Å². The number of carboxylic acid groups (broad SMARTS) is 1.